The number of amides is 3. The maximum atomic E-state index is 12.3. The molecule has 1 unspecified atom stereocenters. The normalized spacial score (nSPS) is 15.8. The average molecular weight is 435 g/mol. The zero-order valence-electron chi connectivity index (χ0n) is 15.3. The molecule has 2 heterocycles. The second-order valence-electron chi connectivity index (χ2n) is 6.55. The van der Waals surface area contributed by atoms with Gasteiger partial charge in [0.1, 0.15) is 5.76 Å². The molecule has 3 N–H and O–H groups in total. The van der Waals surface area contributed by atoms with Crippen molar-refractivity contribution in [3.63, 3.8) is 0 Å². The summed E-state index contributed by atoms with van der Waals surface area (Å²) in [5, 5.41) is 3.03. The molecule has 0 bridgehead atoms. The van der Waals surface area contributed by atoms with Crippen LogP contribution >= 0.6 is 23.8 Å². The average Bonchev–Trinajstić information content (AvgIpc) is 3.32. The third-order valence-corrected chi connectivity index (χ3v) is 4.80. The van der Waals surface area contributed by atoms with Crippen LogP contribution in [0, 0.1) is 5.92 Å². The Morgan fingerprint density at radius 1 is 1.21 bits per heavy atom. The highest BCUT2D eigenvalue weighted by Gasteiger charge is 2.34. The highest BCUT2D eigenvalue weighted by atomic mass is 35.5. The Kier molecular flexibility index (Phi) is 6.84. The first-order valence-electron chi connectivity index (χ1n) is 8.85. The number of carbonyl (C=O) groups excluding carboxylic acids is 3. The molecular formula is C19H19ClN4O4S. The van der Waals surface area contributed by atoms with Gasteiger partial charge < -0.3 is 14.6 Å². The van der Waals surface area contributed by atoms with E-state index in [1.54, 1.807) is 41.3 Å². The summed E-state index contributed by atoms with van der Waals surface area (Å²) in [6.45, 7) is 0.602. The van der Waals surface area contributed by atoms with Gasteiger partial charge in [-0.25, -0.2) is 0 Å². The van der Waals surface area contributed by atoms with E-state index in [-0.39, 0.29) is 42.2 Å². The van der Waals surface area contributed by atoms with Crippen molar-refractivity contribution in [1.82, 2.24) is 21.1 Å². The Morgan fingerprint density at radius 3 is 2.66 bits per heavy atom. The Bertz CT molecular complexity index is 901. The second kappa shape index (κ2) is 9.53. The number of nitrogens with one attached hydrogen (secondary N) is 3. The first-order chi connectivity index (χ1) is 13.9. The van der Waals surface area contributed by atoms with Gasteiger partial charge in [0.05, 0.1) is 25.1 Å². The summed E-state index contributed by atoms with van der Waals surface area (Å²) in [4.78, 5) is 37.9. The number of rotatable bonds is 5. The van der Waals surface area contributed by atoms with E-state index in [4.69, 9.17) is 28.2 Å². The highest BCUT2D eigenvalue weighted by Crippen LogP contribution is 2.20. The Balaban J connectivity index is 1.40. The van der Waals surface area contributed by atoms with Crippen LogP contribution in [0.3, 0.4) is 0 Å². The zero-order valence-corrected chi connectivity index (χ0v) is 16.9. The molecular weight excluding hydrogens is 416 g/mol. The van der Waals surface area contributed by atoms with Crippen molar-refractivity contribution in [1.29, 1.82) is 0 Å². The summed E-state index contributed by atoms with van der Waals surface area (Å²) in [5.41, 5.74) is 5.70. The maximum Gasteiger partial charge on any atom is 0.243 e. The van der Waals surface area contributed by atoms with Crippen molar-refractivity contribution in [3.05, 3.63) is 59.0 Å². The van der Waals surface area contributed by atoms with E-state index in [2.05, 4.69) is 16.2 Å². The molecule has 2 aromatic rings. The van der Waals surface area contributed by atoms with Gasteiger partial charge in [-0.15, -0.1) is 0 Å². The highest BCUT2D eigenvalue weighted by molar-refractivity contribution is 7.80. The predicted molar refractivity (Wildman–Crippen MR) is 109 cm³/mol. The largest absolute Gasteiger partial charge is 0.467 e. The van der Waals surface area contributed by atoms with Crippen molar-refractivity contribution < 1.29 is 18.8 Å². The van der Waals surface area contributed by atoms with Gasteiger partial charge in [0.15, 0.2) is 5.11 Å². The molecule has 10 heteroatoms. The molecule has 1 aromatic heterocycles. The summed E-state index contributed by atoms with van der Waals surface area (Å²) in [6, 6.07) is 10.4. The van der Waals surface area contributed by atoms with E-state index < -0.39 is 5.92 Å². The van der Waals surface area contributed by atoms with Crippen LogP contribution in [0.15, 0.2) is 47.1 Å². The minimum absolute atomic E-state index is 0.0333. The van der Waals surface area contributed by atoms with Gasteiger partial charge >= 0.3 is 0 Å². The molecule has 1 saturated heterocycles. The SMILES string of the molecule is O=C(Cc1ccc(Cl)cc1)NC(=S)NNC(=O)C1CC(=O)N(Cc2ccco2)C1. The van der Waals surface area contributed by atoms with E-state index in [9.17, 15) is 14.4 Å². The Morgan fingerprint density at radius 2 is 1.97 bits per heavy atom. The van der Waals surface area contributed by atoms with Gasteiger partial charge in [-0.3, -0.25) is 25.2 Å². The lowest BCUT2D eigenvalue weighted by Gasteiger charge is -2.16. The fourth-order valence-electron chi connectivity index (χ4n) is 2.90. The molecule has 29 heavy (non-hydrogen) atoms. The second-order valence-corrected chi connectivity index (χ2v) is 7.39. The van der Waals surface area contributed by atoms with Crippen LogP contribution in [-0.2, 0) is 27.3 Å². The summed E-state index contributed by atoms with van der Waals surface area (Å²) >= 11 is 10.8. The molecule has 0 spiro atoms. The number of carbonyl (C=O) groups is 3. The van der Waals surface area contributed by atoms with E-state index in [0.29, 0.717) is 17.3 Å². The van der Waals surface area contributed by atoms with Crippen LogP contribution in [0.2, 0.25) is 5.02 Å². The Labute approximate surface area is 177 Å². The molecule has 3 amide bonds. The lowest BCUT2D eigenvalue weighted by Crippen LogP contribution is -2.50. The summed E-state index contributed by atoms with van der Waals surface area (Å²) < 4.78 is 5.23. The summed E-state index contributed by atoms with van der Waals surface area (Å²) in [5.74, 6) is -0.700. The van der Waals surface area contributed by atoms with Gasteiger partial charge in [-0.1, -0.05) is 23.7 Å². The molecule has 1 fully saturated rings. The summed E-state index contributed by atoms with van der Waals surface area (Å²) in [7, 11) is 0. The fourth-order valence-corrected chi connectivity index (χ4v) is 3.19. The summed E-state index contributed by atoms with van der Waals surface area (Å²) in [6.07, 6.45) is 1.75. The quantitative estimate of drug-likeness (QED) is 0.487. The van der Waals surface area contributed by atoms with Crippen LogP contribution in [0.4, 0.5) is 0 Å². The molecule has 0 aliphatic carbocycles. The number of halogens is 1. The minimum atomic E-state index is -0.516. The number of likely N-dealkylation sites (tertiary alicyclic amines) is 1. The molecule has 1 aromatic carbocycles. The first kappa shape index (κ1) is 20.8. The van der Waals surface area contributed by atoms with Gasteiger partial charge in [-0.2, -0.15) is 0 Å². The van der Waals surface area contributed by atoms with Gasteiger partial charge in [0.2, 0.25) is 17.7 Å². The zero-order chi connectivity index (χ0) is 20.8. The topological polar surface area (TPSA) is 104 Å². The number of benzene rings is 1. The van der Waals surface area contributed by atoms with Crippen molar-refractivity contribution in [2.45, 2.75) is 19.4 Å². The molecule has 3 rings (SSSR count). The van der Waals surface area contributed by atoms with E-state index in [1.807, 2.05) is 0 Å². The number of furan rings is 1. The molecule has 0 radical (unpaired) electrons. The van der Waals surface area contributed by atoms with Crippen molar-refractivity contribution in [3.8, 4) is 0 Å². The number of thiocarbonyl (C=S) groups is 1. The number of hydrogen-bond donors (Lipinski definition) is 3. The van der Waals surface area contributed by atoms with Gasteiger partial charge in [-0.05, 0) is 42.0 Å². The van der Waals surface area contributed by atoms with E-state index >= 15 is 0 Å². The lowest BCUT2D eigenvalue weighted by molar-refractivity contribution is -0.129. The molecule has 1 aliphatic rings. The lowest BCUT2D eigenvalue weighted by atomic mass is 10.1. The van der Waals surface area contributed by atoms with E-state index in [1.165, 1.54) is 6.26 Å². The van der Waals surface area contributed by atoms with Crippen molar-refractivity contribution in [2.24, 2.45) is 5.92 Å². The van der Waals surface area contributed by atoms with E-state index in [0.717, 1.165) is 5.56 Å². The fraction of sp³-hybridized carbons (Fsp3) is 0.263. The van der Waals surface area contributed by atoms with Crippen molar-refractivity contribution in [2.75, 3.05) is 6.54 Å². The number of hydrazine groups is 1. The molecule has 1 atom stereocenters. The van der Waals surface area contributed by atoms with Crippen LogP contribution < -0.4 is 16.2 Å². The van der Waals surface area contributed by atoms with Gasteiger partial charge in [0, 0.05) is 18.0 Å². The molecule has 0 saturated carbocycles. The smallest absolute Gasteiger partial charge is 0.243 e. The minimum Gasteiger partial charge on any atom is -0.467 e. The van der Waals surface area contributed by atoms with Gasteiger partial charge in [0.25, 0.3) is 0 Å². The van der Waals surface area contributed by atoms with Crippen molar-refractivity contribution >= 4 is 46.7 Å². The Hall–Kier alpha value is -2.91. The third kappa shape index (κ3) is 6.03. The monoisotopic (exact) mass is 434 g/mol. The van der Waals surface area contributed by atoms with Crippen LogP contribution in [-0.4, -0.2) is 34.3 Å². The third-order valence-electron chi connectivity index (χ3n) is 4.34. The molecule has 152 valence electrons. The number of hydrogen-bond acceptors (Lipinski definition) is 5. The first-order valence-corrected chi connectivity index (χ1v) is 9.63. The molecule has 1 aliphatic heterocycles. The maximum absolute atomic E-state index is 12.3. The van der Waals surface area contributed by atoms with Crippen LogP contribution in [0.1, 0.15) is 17.7 Å². The predicted octanol–water partition coefficient (Wildman–Crippen LogP) is 1.55. The molecule has 8 nitrogen and oxygen atoms in total. The standard InChI is InChI=1S/C19H19ClN4O4S/c20-14-5-3-12(4-6-14)8-16(25)21-19(29)23-22-18(27)13-9-17(26)24(10-13)11-15-2-1-7-28-15/h1-7,13H,8-11H2,(H,22,27)(H2,21,23,25,29). The van der Waals surface area contributed by atoms with Crippen LogP contribution in [0.25, 0.3) is 0 Å². The number of nitrogens with zero attached hydrogens (tertiary/aromatic N) is 1. The van der Waals surface area contributed by atoms with Crippen LogP contribution in [0.5, 0.6) is 0 Å².